The molecule has 1 aromatic heterocycles. The molecule has 1 heterocycles. The number of halogens is 1. The van der Waals surface area contributed by atoms with Crippen molar-refractivity contribution >= 4 is 28.9 Å². The summed E-state index contributed by atoms with van der Waals surface area (Å²) in [5.41, 5.74) is 0. The van der Waals surface area contributed by atoms with Crippen molar-refractivity contribution in [2.45, 2.75) is 0 Å². The van der Waals surface area contributed by atoms with Crippen LogP contribution < -0.4 is 4.74 Å². The molecule has 0 aliphatic heterocycles. The fourth-order valence-electron chi connectivity index (χ4n) is 1.03. The summed E-state index contributed by atoms with van der Waals surface area (Å²) in [5, 5.41) is 0. The summed E-state index contributed by atoms with van der Waals surface area (Å²) in [4.78, 5) is 13.8. The third-order valence-electron chi connectivity index (χ3n) is 1.83. The Balaban J connectivity index is 2.67. The van der Waals surface area contributed by atoms with Crippen LogP contribution in [0.4, 0.5) is 0 Å². The van der Waals surface area contributed by atoms with Gasteiger partial charge in [-0.25, -0.2) is 4.79 Å². The Morgan fingerprint density at radius 3 is 2.81 bits per heavy atom. The minimum Gasteiger partial charge on any atom is -0.490 e. The van der Waals surface area contributed by atoms with Crippen molar-refractivity contribution in [3.63, 3.8) is 0 Å². The lowest BCUT2D eigenvalue weighted by atomic mass is 10.4. The third-order valence-corrected chi connectivity index (χ3v) is 3.06. The standard InChI is InChI=1S/C10H14ClNO3S/c1-12(2)4-5-15-7-6-8(11)16-9(7)10(13)14-3/h6H,4-5H2,1-3H3. The summed E-state index contributed by atoms with van der Waals surface area (Å²) in [6.45, 7) is 1.28. The SMILES string of the molecule is COC(=O)c1sc(Cl)cc1OCCN(C)C. The molecule has 0 spiro atoms. The number of hydrogen-bond acceptors (Lipinski definition) is 5. The van der Waals surface area contributed by atoms with Gasteiger partial charge in [0.15, 0.2) is 4.88 Å². The molecule has 0 saturated carbocycles. The van der Waals surface area contributed by atoms with Gasteiger partial charge in [0.2, 0.25) is 0 Å². The van der Waals surface area contributed by atoms with E-state index in [1.54, 1.807) is 6.07 Å². The summed E-state index contributed by atoms with van der Waals surface area (Å²) in [7, 11) is 5.23. The van der Waals surface area contributed by atoms with Crippen LogP contribution in [0.5, 0.6) is 5.75 Å². The average molecular weight is 264 g/mol. The Kier molecular flexibility index (Phi) is 5.05. The van der Waals surface area contributed by atoms with Gasteiger partial charge in [0.05, 0.1) is 11.4 Å². The highest BCUT2D eigenvalue weighted by Gasteiger charge is 2.17. The molecule has 0 aliphatic rings. The molecular formula is C10H14ClNO3S. The van der Waals surface area contributed by atoms with Crippen molar-refractivity contribution in [2.24, 2.45) is 0 Å². The number of esters is 1. The lowest BCUT2D eigenvalue weighted by Crippen LogP contribution is -2.19. The van der Waals surface area contributed by atoms with E-state index in [2.05, 4.69) is 4.74 Å². The van der Waals surface area contributed by atoms with Gasteiger partial charge in [-0.05, 0) is 14.1 Å². The lowest BCUT2D eigenvalue weighted by molar-refractivity contribution is 0.0602. The zero-order valence-corrected chi connectivity index (χ0v) is 11.0. The zero-order chi connectivity index (χ0) is 12.1. The van der Waals surface area contributed by atoms with Crippen LogP contribution in [0, 0.1) is 0 Å². The number of carbonyl (C=O) groups excluding carboxylic acids is 1. The molecule has 90 valence electrons. The summed E-state index contributed by atoms with van der Waals surface area (Å²) in [6.07, 6.45) is 0. The monoisotopic (exact) mass is 263 g/mol. The number of rotatable bonds is 5. The van der Waals surface area contributed by atoms with E-state index in [0.717, 1.165) is 17.9 Å². The summed E-state index contributed by atoms with van der Waals surface area (Å²) < 4.78 is 10.6. The fourth-order valence-corrected chi connectivity index (χ4v) is 2.10. The molecule has 0 saturated heterocycles. The van der Waals surface area contributed by atoms with E-state index in [4.69, 9.17) is 16.3 Å². The average Bonchev–Trinajstić information content (AvgIpc) is 2.58. The lowest BCUT2D eigenvalue weighted by Gasteiger charge is -2.10. The first-order valence-corrected chi connectivity index (χ1v) is 5.89. The number of ether oxygens (including phenoxy) is 2. The van der Waals surface area contributed by atoms with Gasteiger partial charge < -0.3 is 14.4 Å². The molecule has 4 nitrogen and oxygen atoms in total. The van der Waals surface area contributed by atoms with Crippen molar-refractivity contribution in [1.29, 1.82) is 0 Å². The van der Waals surface area contributed by atoms with E-state index in [1.165, 1.54) is 7.11 Å². The maximum absolute atomic E-state index is 11.4. The molecule has 0 fully saturated rings. The number of likely N-dealkylation sites (N-methyl/N-ethyl adjacent to an activating group) is 1. The Bertz CT molecular complexity index is 365. The molecule has 0 aliphatic carbocycles. The van der Waals surface area contributed by atoms with Crippen LogP contribution in [-0.2, 0) is 4.74 Å². The van der Waals surface area contributed by atoms with Gasteiger partial charge >= 0.3 is 5.97 Å². The number of carbonyl (C=O) groups is 1. The number of nitrogens with zero attached hydrogens (tertiary/aromatic N) is 1. The van der Waals surface area contributed by atoms with Crippen LogP contribution in [0.3, 0.4) is 0 Å². The largest absolute Gasteiger partial charge is 0.490 e. The second-order valence-electron chi connectivity index (χ2n) is 3.39. The van der Waals surface area contributed by atoms with E-state index in [-0.39, 0.29) is 0 Å². The van der Waals surface area contributed by atoms with Crippen LogP contribution in [-0.4, -0.2) is 45.2 Å². The van der Waals surface area contributed by atoms with Crippen LogP contribution in [0.1, 0.15) is 9.67 Å². The first-order valence-electron chi connectivity index (χ1n) is 4.69. The Morgan fingerprint density at radius 2 is 2.25 bits per heavy atom. The third kappa shape index (κ3) is 3.66. The smallest absolute Gasteiger partial charge is 0.351 e. The quantitative estimate of drug-likeness (QED) is 0.763. The minimum atomic E-state index is -0.420. The Morgan fingerprint density at radius 1 is 1.56 bits per heavy atom. The van der Waals surface area contributed by atoms with Gasteiger partial charge in [0.25, 0.3) is 0 Å². The normalized spacial score (nSPS) is 10.6. The van der Waals surface area contributed by atoms with Crippen molar-refractivity contribution < 1.29 is 14.3 Å². The number of methoxy groups -OCH3 is 1. The number of thiophene rings is 1. The van der Waals surface area contributed by atoms with Gasteiger partial charge in [-0.15, -0.1) is 11.3 Å². The maximum atomic E-state index is 11.4. The van der Waals surface area contributed by atoms with E-state index in [1.807, 2.05) is 19.0 Å². The van der Waals surface area contributed by atoms with Gasteiger partial charge in [0, 0.05) is 12.6 Å². The molecule has 0 N–H and O–H groups in total. The van der Waals surface area contributed by atoms with Gasteiger partial charge in [-0.3, -0.25) is 0 Å². The molecule has 0 amide bonds. The second-order valence-corrected chi connectivity index (χ2v) is 5.07. The molecule has 6 heteroatoms. The predicted molar refractivity (Wildman–Crippen MR) is 64.7 cm³/mol. The molecule has 0 atom stereocenters. The second kappa shape index (κ2) is 6.08. The van der Waals surface area contributed by atoms with E-state index >= 15 is 0 Å². The first kappa shape index (κ1) is 13.3. The number of hydrogen-bond donors (Lipinski definition) is 0. The van der Waals surface area contributed by atoms with E-state index in [0.29, 0.717) is 21.6 Å². The minimum absolute atomic E-state index is 0.409. The molecule has 0 radical (unpaired) electrons. The van der Waals surface area contributed by atoms with Crippen LogP contribution in [0.2, 0.25) is 4.34 Å². The van der Waals surface area contributed by atoms with Crippen LogP contribution in [0.15, 0.2) is 6.07 Å². The van der Waals surface area contributed by atoms with Crippen molar-refractivity contribution in [1.82, 2.24) is 4.90 Å². The molecule has 16 heavy (non-hydrogen) atoms. The van der Waals surface area contributed by atoms with Crippen molar-refractivity contribution in [2.75, 3.05) is 34.4 Å². The highest BCUT2D eigenvalue weighted by atomic mass is 35.5. The van der Waals surface area contributed by atoms with E-state index < -0.39 is 5.97 Å². The maximum Gasteiger partial charge on any atom is 0.351 e. The predicted octanol–water partition coefficient (Wildman–Crippen LogP) is 2.13. The molecular weight excluding hydrogens is 250 g/mol. The van der Waals surface area contributed by atoms with Gasteiger partial charge in [-0.2, -0.15) is 0 Å². The molecule has 1 aromatic rings. The van der Waals surface area contributed by atoms with Gasteiger partial charge in [-0.1, -0.05) is 11.6 Å². The van der Waals surface area contributed by atoms with Crippen molar-refractivity contribution in [3.05, 3.63) is 15.3 Å². The summed E-state index contributed by atoms with van der Waals surface area (Å²) >= 11 is 6.99. The fraction of sp³-hybridized carbons (Fsp3) is 0.500. The summed E-state index contributed by atoms with van der Waals surface area (Å²) in [6, 6.07) is 1.63. The molecule has 0 aromatic carbocycles. The van der Waals surface area contributed by atoms with Gasteiger partial charge in [0.1, 0.15) is 12.4 Å². The zero-order valence-electron chi connectivity index (χ0n) is 9.45. The molecule has 1 rings (SSSR count). The molecule has 0 bridgehead atoms. The highest BCUT2D eigenvalue weighted by Crippen LogP contribution is 2.33. The Labute approximate surface area is 104 Å². The first-order chi connectivity index (χ1) is 7.54. The van der Waals surface area contributed by atoms with E-state index in [9.17, 15) is 4.79 Å². The molecule has 0 unspecified atom stereocenters. The Hall–Kier alpha value is -0.780. The van der Waals surface area contributed by atoms with Crippen LogP contribution >= 0.6 is 22.9 Å². The van der Waals surface area contributed by atoms with Crippen molar-refractivity contribution in [3.8, 4) is 5.75 Å². The summed E-state index contributed by atoms with van der Waals surface area (Å²) in [5.74, 6) is 0.0699. The van der Waals surface area contributed by atoms with Crippen LogP contribution in [0.25, 0.3) is 0 Å². The topological polar surface area (TPSA) is 38.8 Å². The highest BCUT2D eigenvalue weighted by molar-refractivity contribution is 7.18.